The Kier molecular flexibility index (Phi) is 18.6. The molecule has 0 aliphatic carbocycles. The van der Waals surface area contributed by atoms with Crippen LogP contribution in [-0.4, -0.2) is 22.3 Å². The summed E-state index contributed by atoms with van der Waals surface area (Å²) in [6.07, 6.45) is 4.11. The van der Waals surface area contributed by atoms with E-state index in [0.717, 1.165) is 6.08 Å². The zero-order valence-corrected chi connectivity index (χ0v) is 9.18. The number of carbonyl (C=O) groups excluding carboxylic acids is 1. The molecule has 0 unspecified atom stereocenters. The summed E-state index contributed by atoms with van der Waals surface area (Å²) in [5.41, 5.74) is 0.183. The molecule has 0 saturated carbocycles. The van der Waals surface area contributed by atoms with Crippen molar-refractivity contribution < 1.29 is 24.8 Å². The first-order valence-corrected chi connectivity index (χ1v) is 3.97. The smallest absolute Gasteiger partial charge is 0.367 e. The summed E-state index contributed by atoms with van der Waals surface area (Å²) in [6, 6.07) is 0. The standard InChI is InChI=1S/C4H6O3.C4H6.C3H4O2/c1-3(2)4(5)7-6;1-3-4-2;1-2-3(4)5/h6H,1H2,2H3;3-4H,1-2H2;2H,1H2,(H,4,5). The maximum absolute atomic E-state index is 9.94. The van der Waals surface area contributed by atoms with Crippen LogP contribution in [0.1, 0.15) is 6.92 Å². The van der Waals surface area contributed by atoms with Gasteiger partial charge in [-0.1, -0.05) is 38.5 Å². The fraction of sp³-hybridized carbons (Fsp3) is 0.0909. The van der Waals surface area contributed by atoms with Gasteiger partial charge in [-0.15, -0.1) is 0 Å². The Bertz CT molecular complexity index is 260. The van der Waals surface area contributed by atoms with Gasteiger partial charge < -0.3 is 5.11 Å². The summed E-state index contributed by atoms with van der Waals surface area (Å²) < 4.78 is 0. The predicted molar refractivity (Wildman–Crippen MR) is 61.8 cm³/mol. The summed E-state index contributed by atoms with van der Waals surface area (Å²) in [6.45, 7) is 14.3. The minimum Gasteiger partial charge on any atom is -0.478 e. The lowest BCUT2D eigenvalue weighted by atomic mass is 10.4. The summed E-state index contributed by atoms with van der Waals surface area (Å²) in [5.74, 6) is -1.77. The predicted octanol–water partition coefficient (Wildman–Crippen LogP) is 2.19. The maximum atomic E-state index is 9.94. The van der Waals surface area contributed by atoms with Crippen molar-refractivity contribution in [2.24, 2.45) is 0 Å². The molecule has 90 valence electrons. The summed E-state index contributed by atoms with van der Waals surface area (Å²) in [7, 11) is 0. The van der Waals surface area contributed by atoms with Gasteiger partial charge in [0.05, 0.1) is 0 Å². The van der Waals surface area contributed by atoms with Gasteiger partial charge in [0.2, 0.25) is 0 Å². The molecule has 0 saturated heterocycles. The molecule has 0 bridgehead atoms. The molecule has 2 N–H and O–H groups in total. The number of carboxylic acids is 1. The number of carboxylic acid groups (broad SMARTS) is 1. The average Bonchev–Trinajstić information content (AvgIpc) is 2.28. The van der Waals surface area contributed by atoms with Crippen molar-refractivity contribution in [1.29, 1.82) is 0 Å². The van der Waals surface area contributed by atoms with E-state index in [1.165, 1.54) is 6.92 Å². The van der Waals surface area contributed by atoms with Gasteiger partial charge in [0.25, 0.3) is 0 Å². The topological polar surface area (TPSA) is 83.8 Å². The first-order chi connectivity index (χ1) is 7.37. The molecule has 0 spiro atoms. The third kappa shape index (κ3) is 29.7. The third-order valence-corrected chi connectivity index (χ3v) is 0.773. The Hall–Kier alpha value is -2.14. The molecule has 0 aliphatic heterocycles. The van der Waals surface area contributed by atoms with Crippen LogP contribution < -0.4 is 0 Å². The number of aliphatic carboxylic acids is 1. The van der Waals surface area contributed by atoms with Gasteiger partial charge in [-0.05, 0) is 6.92 Å². The highest BCUT2D eigenvalue weighted by molar-refractivity contribution is 5.86. The first-order valence-electron chi connectivity index (χ1n) is 3.97. The summed E-state index contributed by atoms with van der Waals surface area (Å²) >= 11 is 0. The van der Waals surface area contributed by atoms with E-state index in [1.54, 1.807) is 12.2 Å². The molecule has 5 nitrogen and oxygen atoms in total. The molecule has 0 aromatic carbocycles. The first kappa shape index (κ1) is 19.4. The number of hydrogen-bond acceptors (Lipinski definition) is 4. The van der Waals surface area contributed by atoms with Gasteiger partial charge in [0.15, 0.2) is 0 Å². The lowest BCUT2D eigenvalue weighted by Crippen LogP contribution is -1.99. The van der Waals surface area contributed by atoms with E-state index in [0.29, 0.717) is 0 Å². The van der Waals surface area contributed by atoms with Crippen molar-refractivity contribution in [3.63, 3.8) is 0 Å². The van der Waals surface area contributed by atoms with Crippen LogP contribution in [0, 0.1) is 0 Å². The lowest BCUT2D eigenvalue weighted by Gasteiger charge is -1.88. The van der Waals surface area contributed by atoms with Crippen LogP contribution in [0.4, 0.5) is 0 Å². The Labute approximate surface area is 94.6 Å². The van der Waals surface area contributed by atoms with E-state index in [1.807, 2.05) is 0 Å². The van der Waals surface area contributed by atoms with Crippen LogP contribution in [-0.2, 0) is 14.5 Å². The summed E-state index contributed by atoms with van der Waals surface area (Å²) in [4.78, 5) is 22.5. The highest BCUT2D eigenvalue weighted by atomic mass is 17.1. The number of hydrogen-bond donors (Lipinski definition) is 2. The van der Waals surface area contributed by atoms with Crippen LogP contribution in [0.3, 0.4) is 0 Å². The largest absolute Gasteiger partial charge is 0.478 e. The van der Waals surface area contributed by atoms with E-state index < -0.39 is 11.9 Å². The zero-order chi connectivity index (χ0) is 13.6. The molecule has 0 heterocycles. The van der Waals surface area contributed by atoms with Gasteiger partial charge in [-0.3, -0.25) is 4.89 Å². The molecule has 0 rings (SSSR count). The SMILES string of the molecule is C=C(C)C(=O)OO.C=CC(=O)O.C=CC=C. The highest BCUT2D eigenvalue weighted by Gasteiger charge is 1.98. The van der Waals surface area contributed by atoms with Gasteiger partial charge in [0.1, 0.15) is 0 Å². The minimum atomic E-state index is -0.981. The lowest BCUT2D eigenvalue weighted by molar-refractivity contribution is -0.229. The van der Waals surface area contributed by atoms with Crippen LogP contribution in [0.15, 0.2) is 50.1 Å². The number of rotatable bonds is 3. The molecular formula is C11H16O5. The number of carbonyl (C=O) groups is 2. The van der Waals surface area contributed by atoms with E-state index in [-0.39, 0.29) is 5.57 Å². The Morgan fingerprint density at radius 3 is 1.50 bits per heavy atom. The molecule has 0 amide bonds. The summed E-state index contributed by atoms with van der Waals surface area (Å²) in [5, 5.41) is 15.2. The van der Waals surface area contributed by atoms with Crippen molar-refractivity contribution in [3.8, 4) is 0 Å². The normalized spacial score (nSPS) is 6.62. The molecule has 0 aromatic heterocycles. The molecule has 0 aromatic rings. The second-order valence-corrected chi connectivity index (χ2v) is 2.17. The fourth-order valence-electron chi connectivity index (χ4n) is 0.0779. The van der Waals surface area contributed by atoms with Crippen molar-refractivity contribution in [1.82, 2.24) is 0 Å². The third-order valence-electron chi connectivity index (χ3n) is 0.773. The average molecular weight is 228 g/mol. The fourth-order valence-corrected chi connectivity index (χ4v) is 0.0779. The minimum absolute atomic E-state index is 0.183. The quantitative estimate of drug-likeness (QED) is 0.335. The van der Waals surface area contributed by atoms with Crippen molar-refractivity contribution in [2.75, 3.05) is 0 Å². The maximum Gasteiger partial charge on any atom is 0.367 e. The van der Waals surface area contributed by atoms with E-state index in [9.17, 15) is 9.59 Å². The van der Waals surface area contributed by atoms with Crippen LogP contribution in [0.25, 0.3) is 0 Å². The van der Waals surface area contributed by atoms with Crippen LogP contribution >= 0.6 is 0 Å². The molecule has 5 heteroatoms. The molecule has 0 radical (unpaired) electrons. The van der Waals surface area contributed by atoms with Gasteiger partial charge in [0, 0.05) is 11.6 Å². The second-order valence-electron chi connectivity index (χ2n) is 2.17. The Balaban J connectivity index is -0.000000166. The Morgan fingerprint density at radius 1 is 1.19 bits per heavy atom. The second kappa shape index (κ2) is 15.3. The Morgan fingerprint density at radius 2 is 1.50 bits per heavy atom. The van der Waals surface area contributed by atoms with Gasteiger partial charge in [-0.2, -0.15) is 5.26 Å². The van der Waals surface area contributed by atoms with Gasteiger partial charge >= 0.3 is 11.9 Å². The van der Waals surface area contributed by atoms with E-state index in [4.69, 9.17) is 10.4 Å². The molecular weight excluding hydrogens is 212 g/mol. The zero-order valence-electron chi connectivity index (χ0n) is 9.18. The van der Waals surface area contributed by atoms with E-state index >= 15 is 0 Å². The van der Waals surface area contributed by atoms with Crippen LogP contribution in [0.5, 0.6) is 0 Å². The van der Waals surface area contributed by atoms with Crippen molar-refractivity contribution in [3.05, 3.63) is 50.1 Å². The number of allylic oxidation sites excluding steroid dienone is 2. The van der Waals surface area contributed by atoms with Crippen LogP contribution in [0.2, 0.25) is 0 Å². The molecule has 0 aliphatic rings. The molecule has 16 heavy (non-hydrogen) atoms. The van der Waals surface area contributed by atoms with E-state index in [2.05, 4.69) is 31.2 Å². The monoisotopic (exact) mass is 228 g/mol. The molecule has 0 atom stereocenters. The molecule has 0 fully saturated rings. The van der Waals surface area contributed by atoms with Gasteiger partial charge in [-0.25, -0.2) is 9.59 Å². The highest BCUT2D eigenvalue weighted by Crippen LogP contribution is 1.86. The van der Waals surface area contributed by atoms with Crippen molar-refractivity contribution >= 4 is 11.9 Å². The van der Waals surface area contributed by atoms with Crippen molar-refractivity contribution in [2.45, 2.75) is 6.92 Å².